The molecule has 0 spiro atoms. The van der Waals surface area contributed by atoms with E-state index in [1.165, 1.54) is 12.8 Å². The van der Waals surface area contributed by atoms with Crippen molar-refractivity contribution in [2.24, 2.45) is 0 Å². The average Bonchev–Trinajstić information content (AvgIpc) is 1.88. The van der Waals surface area contributed by atoms with Crippen LogP contribution in [0, 0.1) is 0 Å². The van der Waals surface area contributed by atoms with Gasteiger partial charge in [0.15, 0.2) is 0 Å². The van der Waals surface area contributed by atoms with Gasteiger partial charge in [-0.25, -0.2) is 0 Å². The normalized spacial score (nSPS) is 13.1. The van der Waals surface area contributed by atoms with Crippen molar-refractivity contribution >= 4 is 23.2 Å². The highest BCUT2D eigenvalue weighted by atomic mass is 35.5. The van der Waals surface area contributed by atoms with Crippen LogP contribution in [0.5, 0.6) is 0 Å². The highest BCUT2D eigenvalue weighted by Gasteiger charge is 2.04. The minimum Gasteiger partial charge on any atom is -0.117 e. The molecular weight excluding hydrogens is 167 g/mol. The molecule has 0 heterocycles. The number of halogens is 2. The first-order valence-corrected chi connectivity index (χ1v) is 4.48. The first-order chi connectivity index (χ1) is 4.68. The molecule has 0 nitrogen and oxygen atoms in total. The summed E-state index contributed by atoms with van der Waals surface area (Å²) >= 11 is 11.4. The van der Waals surface area contributed by atoms with E-state index >= 15 is 0 Å². The molecule has 0 aromatic heterocycles. The number of alkyl halides is 1. The second kappa shape index (κ2) is 6.06. The smallest absolute Gasteiger partial charge is 0.0686 e. The van der Waals surface area contributed by atoms with E-state index in [1.54, 1.807) is 0 Å². The fraction of sp³-hybridized carbons (Fsp3) is 0.750. The van der Waals surface area contributed by atoms with Crippen molar-refractivity contribution in [1.82, 2.24) is 0 Å². The highest BCUT2D eigenvalue weighted by molar-refractivity contribution is 6.37. The number of hydrogen-bond donors (Lipinski definition) is 0. The summed E-state index contributed by atoms with van der Waals surface area (Å²) in [5, 5.41) is 0.533. The van der Waals surface area contributed by atoms with Crippen molar-refractivity contribution in [1.29, 1.82) is 0 Å². The summed E-state index contributed by atoms with van der Waals surface area (Å²) in [5.74, 6) is 0. The van der Waals surface area contributed by atoms with Crippen LogP contribution >= 0.6 is 23.2 Å². The van der Waals surface area contributed by atoms with Crippen LogP contribution in [-0.4, -0.2) is 5.38 Å². The molecule has 1 unspecified atom stereocenters. The molecule has 0 aliphatic rings. The summed E-state index contributed by atoms with van der Waals surface area (Å²) in [6, 6.07) is 0. The third-order valence-electron chi connectivity index (χ3n) is 1.40. The maximum atomic E-state index is 5.82. The van der Waals surface area contributed by atoms with Gasteiger partial charge in [0.1, 0.15) is 0 Å². The standard InChI is InChI=1S/C8H14Cl2/c1-3-4-5-6-8(10)7(2)9/h8H,2-6H2,1H3. The minimum absolute atomic E-state index is 0.0341. The van der Waals surface area contributed by atoms with Gasteiger partial charge in [-0.2, -0.15) is 0 Å². The van der Waals surface area contributed by atoms with E-state index < -0.39 is 0 Å². The summed E-state index contributed by atoms with van der Waals surface area (Å²) in [7, 11) is 0. The zero-order valence-corrected chi connectivity index (χ0v) is 7.88. The Kier molecular flexibility index (Phi) is 6.25. The second-order valence-electron chi connectivity index (χ2n) is 2.41. The molecule has 0 N–H and O–H groups in total. The molecule has 2 heteroatoms. The van der Waals surface area contributed by atoms with Crippen LogP contribution in [0.1, 0.15) is 32.6 Å². The van der Waals surface area contributed by atoms with Crippen LogP contribution < -0.4 is 0 Å². The summed E-state index contributed by atoms with van der Waals surface area (Å²) in [6.07, 6.45) is 4.56. The van der Waals surface area contributed by atoms with Crippen molar-refractivity contribution in [3.8, 4) is 0 Å². The molecule has 0 aromatic rings. The molecule has 0 radical (unpaired) electrons. The molecule has 60 valence electrons. The van der Waals surface area contributed by atoms with E-state index in [4.69, 9.17) is 23.2 Å². The SMILES string of the molecule is C=C(Cl)C(Cl)CCCCC. The van der Waals surface area contributed by atoms with Crippen molar-refractivity contribution in [2.75, 3.05) is 0 Å². The molecule has 0 rings (SSSR count). The van der Waals surface area contributed by atoms with E-state index in [0.717, 1.165) is 12.8 Å². The number of allylic oxidation sites excluding steroid dienone is 1. The molecule has 0 saturated carbocycles. The molecular formula is C8H14Cl2. The Hall–Kier alpha value is 0.320. The van der Waals surface area contributed by atoms with Gasteiger partial charge in [-0.3, -0.25) is 0 Å². The van der Waals surface area contributed by atoms with Gasteiger partial charge in [0.2, 0.25) is 0 Å². The van der Waals surface area contributed by atoms with Crippen LogP contribution in [0.15, 0.2) is 11.6 Å². The number of rotatable bonds is 5. The van der Waals surface area contributed by atoms with Crippen molar-refractivity contribution in [3.05, 3.63) is 11.6 Å². The third kappa shape index (κ3) is 5.13. The monoisotopic (exact) mass is 180 g/mol. The molecule has 0 bridgehead atoms. The molecule has 0 aromatic carbocycles. The van der Waals surface area contributed by atoms with Gasteiger partial charge in [0.05, 0.1) is 5.38 Å². The summed E-state index contributed by atoms with van der Waals surface area (Å²) in [4.78, 5) is 0. The predicted octanol–water partition coefficient (Wildman–Crippen LogP) is 3.93. The molecule has 0 aliphatic carbocycles. The minimum atomic E-state index is -0.0341. The van der Waals surface area contributed by atoms with Crippen LogP contribution in [-0.2, 0) is 0 Å². The van der Waals surface area contributed by atoms with E-state index in [2.05, 4.69) is 13.5 Å². The zero-order valence-electron chi connectivity index (χ0n) is 6.37. The van der Waals surface area contributed by atoms with Crippen molar-refractivity contribution < 1.29 is 0 Å². The summed E-state index contributed by atoms with van der Waals surface area (Å²) in [6.45, 7) is 5.73. The van der Waals surface area contributed by atoms with Gasteiger partial charge in [-0.1, -0.05) is 44.4 Å². The summed E-state index contributed by atoms with van der Waals surface area (Å²) in [5.41, 5.74) is 0. The number of hydrogen-bond acceptors (Lipinski definition) is 0. The fourth-order valence-electron chi connectivity index (χ4n) is 0.730. The van der Waals surface area contributed by atoms with Gasteiger partial charge in [-0.15, -0.1) is 11.6 Å². The summed E-state index contributed by atoms with van der Waals surface area (Å²) < 4.78 is 0. The lowest BCUT2D eigenvalue weighted by Gasteiger charge is -2.04. The van der Waals surface area contributed by atoms with E-state index in [1.807, 2.05) is 0 Å². The zero-order chi connectivity index (χ0) is 7.98. The van der Waals surface area contributed by atoms with E-state index in [-0.39, 0.29) is 5.38 Å². The largest absolute Gasteiger partial charge is 0.117 e. The van der Waals surface area contributed by atoms with Crippen molar-refractivity contribution in [2.45, 2.75) is 38.0 Å². The topological polar surface area (TPSA) is 0 Å². The Morgan fingerprint density at radius 1 is 1.50 bits per heavy atom. The second-order valence-corrected chi connectivity index (χ2v) is 3.42. The highest BCUT2D eigenvalue weighted by Crippen LogP contribution is 2.18. The van der Waals surface area contributed by atoms with Gasteiger partial charge < -0.3 is 0 Å². The molecule has 0 fully saturated rings. The number of unbranched alkanes of at least 4 members (excludes halogenated alkanes) is 2. The van der Waals surface area contributed by atoms with Gasteiger partial charge >= 0.3 is 0 Å². The van der Waals surface area contributed by atoms with Gasteiger partial charge in [0, 0.05) is 5.03 Å². The molecule has 0 saturated heterocycles. The average molecular weight is 181 g/mol. The van der Waals surface area contributed by atoms with Crippen LogP contribution in [0.25, 0.3) is 0 Å². The lowest BCUT2D eigenvalue weighted by atomic mass is 10.1. The van der Waals surface area contributed by atoms with Gasteiger partial charge in [-0.05, 0) is 6.42 Å². The maximum absolute atomic E-state index is 5.82. The molecule has 1 atom stereocenters. The molecule has 0 amide bonds. The quantitative estimate of drug-likeness (QED) is 0.445. The first-order valence-electron chi connectivity index (χ1n) is 3.66. The van der Waals surface area contributed by atoms with E-state index in [0.29, 0.717) is 5.03 Å². The van der Waals surface area contributed by atoms with E-state index in [9.17, 15) is 0 Å². The van der Waals surface area contributed by atoms with Crippen molar-refractivity contribution in [3.63, 3.8) is 0 Å². The fourth-order valence-corrected chi connectivity index (χ4v) is 0.994. The van der Waals surface area contributed by atoms with Crippen LogP contribution in [0.3, 0.4) is 0 Å². The predicted molar refractivity (Wildman–Crippen MR) is 48.8 cm³/mol. The Balaban J connectivity index is 3.21. The molecule has 0 aliphatic heterocycles. The maximum Gasteiger partial charge on any atom is 0.0686 e. The Bertz CT molecular complexity index is 99.4. The Morgan fingerprint density at radius 2 is 2.10 bits per heavy atom. The van der Waals surface area contributed by atoms with Gasteiger partial charge in [0.25, 0.3) is 0 Å². The molecule has 10 heavy (non-hydrogen) atoms. The first kappa shape index (κ1) is 10.3. The lowest BCUT2D eigenvalue weighted by molar-refractivity contribution is 0.675. The van der Waals surface area contributed by atoms with Crippen LogP contribution in [0.4, 0.5) is 0 Å². The van der Waals surface area contributed by atoms with Crippen LogP contribution in [0.2, 0.25) is 0 Å². The lowest BCUT2D eigenvalue weighted by Crippen LogP contribution is -1.96. The Labute approximate surface area is 73.2 Å². The Morgan fingerprint density at radius 3 is 2.50 bits per heavy atom. The third-order valence-corrected chi connectivity index (χ3v) is 2.26.